The van der Waals surface area contributed by atoms with Crippen LogP contribution in [0.15, 0.2) is 41.5 Å². The van der Waals surface area contributed by atoms with Gasteiger partial charge in [0.1, 0.15) is 5.82 Å². The van der Waals surface area contributed by atoms with Gasteiger partial charge in [-0.05, 0) is 24.1 Å². The summed E-state index contributed by atoms with van der Waals surface area (Å²) in [5.74, 6) is -0.733. The SMILES string of the molecule is CCCn1c(C(N)=O)nc2nc(-c3cnn(Cc4cccc(C(F)(F)F)c4)c3)[nH]c2c1=O. The van der Waals surface area contributed by atoms with Crippen LogP contribution in [0.2, 0.25) is 0 Å². The maximum atomic E-state index is 12.9. The number of benzene rings is 1. The lowest BCUT2D eigenvalue weighted by atomic mass is 10.1. The van der Waals surface area contributed by atoms with Gasteiger partial charge in [0, 0.05) is 12.7 Å². The van der Waals surface area contributed by atoms with Crippen LogP contribution in [0.4, 0.5) is 13.2 Å². The third-order valence-corrected chi connectivity index (χ3v) is 4.78. The molecule has 0 fully saturated rings. The topological polar surface area (TPSA) is 124 Å². The van der Waals surface area contributed by atoms with E-state index in [2.05, 4.69) is 20.1 Å². The molecule has 12 heteroatoms. The molecule has 0 unspecified atom stereocenters. The van der Waals surface area contributed by atoms with Crippen molar-refractivity contribution in [3.63, 3.8) is 0 Å². The number of nitrogens with one attached hydrogen (secondary N) is 1. The third kappa shape index (κ3) is 3.98. The number of carbonyl (C=O) groups excluding carboxylic acids is 1. The number of alkyl halides is 3. The number of H-pyrrole nitrogens is 1. The van der Waals surface area contributed by atoms with Crippen LogP contribution < -0.4 is 11.3 Å². The molecular weight excluding hydrogens is 427 g/mol. The fourth-order valence-corrected chi connectivity index (χ4v) is 3.35. The van der Waals surface area contributed by atoms with Gasteiger partial charge >= 0.3 is 6.18 Å². The molecule has 0 spiro atoms. The summed E-state index contributed by atoms with van der Waals surface area (Å²) in [5, 5.41) is 4.16. The van der Waals surface area contributed by atoms with Crippen molar-refractivity contribution in [2.24, 2.45) is 5.73 Å². The molecule has 0 aliphatic heterocycles. The smallest absolute Gasteiger partial charge is 0.363 e. The van der Waals surface area contributed by atoms with Crippen LogP contribution in [-0.4, -0.2) is 35.2 Å². The molecule has 3 aromatic heterocycles. The summed E-state index contributed by atoms with van der Waals surface area (Å²) in [6.07, 6.45) is -0.792. The zero-order valence-electron chi connectivity index (χ0n) is 16.8. The highest BCUT2D eigenvalue weighted by Gasteiger charge is 2.30. The third-order valence-electron chi connectivity index (χ3n) is 4.78. The van der Waals surface area contributed by atoms with Crippen LogP contribution in [0.3, 0.4) is 0 Å². The molecule has 0 bridgehead atoms. The summed E-state index contributed by atoms with van der Waals surface area (Å²) in [7, 11) is 0. The van der Waals surface area contributed by atoms with Crippen molar-refractivity contribution in [3.8, 4) is 11.4 Å². The highest BCUT2D eigenvalue weighted by molar-refractivity contribution is 5.91. The number of primary amides is 1. The summed E-state index contributed by atoms with van der Waals surface area (Å²) in [6, 6.07) is 4.98. The first-order valence-electron chi connectivity index (χ1n) is 9.66. The van der Waals surface area contributed by atoms with Gasteiger partial charge in [-0.3, -0.25) is 18.8 Å². The maximum Gasteiger partial charge on any atom is 0.416 e. The molecule has 3 N–H and O–H groups in total. The van der Waals surface area contributed by atoms with E-state index in [0.29, 0.717) is 17.5 Å². The summed E-state index contributed by atoms with van der Waals surface area (Å²) in [6.45, 7) is 2.22. The lowest BCUT2D eigenvalue weighted by Crippen LogP contribution is -2.30. The quantitative estimate of drug-likeness (QED) is 0.472. The molecule has 1 aromatic carbocycles. The Labute approximate surface area is 178 Å². The fraction of sp³-hybridized carbons (Fsp3) is 0.250. The number of carbonyl (C=O) groups is 1. The molecule has 4 aromatic rings. The van der Waals surface area contributed by atoms with Crippen LogP contribution in [0.25, 0.3) is 22.6 Å². The Hall–Kier alpha value is -3.96. The Kier molecular flexibility index (Phi) is 5.28. The number of halogens is 3. The number of hydrogen-bond acceptors (Lipinski definition) is 5. The highest BCUT2D eigenvalue weighted by Crippen LogP contribution is 2.29. The number of amides is 1. The van der Waals surface area contributed by atoms with E-state index < -0.39 is 23.2 Å². The van der Waals surface area contributed by atoms with E-state index in [1.807, 2.05) is 6.92 Å². The number of fused-ring (bicyclic) bond motifs is 1. The number of hydrogen-bond donors (Lipinski definition) is 2. The molecule has 0 saturated carbocycles. The zero-order chi connectivity index (χ0) is 23.0. The Morgan fingerprint density at radius 3 is 2.72 bits per heavy atom. The molecule has 0 aliphatic carbocycles. The van der Waals surface area contributed by atoms with Crippen molar-refractivity contribution in [3.05, 3.63) is 64.0 Å². The predicted molar refractivity (Wildman–Crippen MR) is 109 cm³/mol. The van der Waals surface area contributed by atoms with Crippen LogP contribution in [0.1, 0.15) is 35.1 Å². The molecule has 0 aliphatic rings. The van der Waals surface area contributed by atoms with Gasteiger partial charge in [0.2, 0.25) is 5.82 Å². The number of aromatic amines is 1. The van der Waals surface area contributed by atoms with Gasteiger partial charge < -0.3 is 10.7 Å². The van der Waals surface area contributed by atoms with Crippen LogP contribution >= 0.6 is 0 Å². The van der Waals surface area contributed by atoms with Crippen molar-refractivity contribution in [1.82, 2.24) is 29.3 Å². The Balaban J connectivity index is 1.67. The van der Waals surface area contributed by atoms with Crippen molar-refractivity contribution in [2.45, 2.75) is 32.6 Å². The van der Waals surface area contributed by atoms with E-state index >= 15 is 0 Å². The summed E-state index contributed by atoms with van der Waals surface area (Å²) >= 11 is 0. The molecule has 9 nitrogen and oxygen atoms in total. The van der Waals surface area contributed by atoms with Crippen molar-refractivity contribution >= 4 is 17.1 Å². The molecule has 4 rings (SSSR count). The molecule has 0 radical (unpaired) electrons. The second-order valence-corrected chi connectivity index (χ2v) is 7.17. The molecule has 166 valence electrons. The summed E-state index contributed by atoms with van der Waals surface area (Å²) in [4.78, 5) is 35.8. The second-order valence-electron chi connectivity index (χ2n) is 7.17. The van der Waals surface area contributed by atoms with Gasteiger partial charge in [0.05, 0.1) is 23.9 Å². The maximum absolute atomic E-state index is 12.9. The first-order valence-corrected chi connectivity index (χ1v) is 9.66. The van der Waals surface area contributed by atoms with Crippen LogP contribution in [0.5, 0.6) is 0 Å². The fourth-order valence-electron chi connectivity index (χ4n) is 3.35. The molecule has 3 heterocycles. The number of rotatable bonds is 6. The molecule has 0 atom stereocenters. The lowest BCUT2D eigenvalue weighted by Gasteiger charge is -2.08. The van der Waals surface area contributed by atoms with Gasteiger partial charge in [0.15, 0.2) is 11.2 Å². The summed E-state index contributed by atoms with van der Waals surface area (Å²) < 4.78 is 41.4. The monoisotopic (exact) mass is 445 g/mol. The van der Waals surface area contributed by atoms with E-state index in [4.69, 9.17) is 5.73 Å². The van der Waals surface area contributed by atoms with Crippen molar-refractivity contribution in [2.75, 3.05) is 0 Å². The van der Waals surface area contributed by atoms with Crippen molar-refractivity contribution < 1.29 is 18.0 Å². The highest BCUT2D eigenvalue weighted by atomic mass is 19.4. The predicted octanol–water partition coefficient (Wildman–Crippen LogP) is 2.56. The molecule has 32 heavy (non-hydrogen) atoms. The minimum atomic E-state index is -4.43. The van der Waals surface area contributed by atoms with Gasteiger partial charge in [-0.2, -0.15) is 18.3 Å². The van der Waals surface area contributed by atoms with Crippen molar-refractivity contribution in [1.29, 1.82) is 0 Å². The summed E-state index contributed by atoms with van der Waals surface area (Å²) in [5.41, 5.74) is 5.22. The minimum absolute atomic E-state index is 0.0387. The first-order chi connectivity index (χ1) is 15.2. The normalized spacial score (nSPS) is 11.9. The standard InChI is InChI=1S/C20H18F3N7O2/c1-2-6-30-18(15(24)31)28-17-14(19(30)32)26-16(27-17)12-8-25-29(10-12)9-11-4-3-5-13(7-11)20(21,22)23/h3-5,7-8,10H,2,6,9H2,1H3,(H2,24,31)(H,26,27). The Morgan fingerprint density at radius 1 is 1.25 bits per heavy atom. The number of nitrogens with two attached hydrogens (primary N) is 1. The van der Waals surface area contributed by atoms with Gasteiger partial charge in [-0.15, -0.1) is 0 Å². The molecular formula is C20H18F3N7O2. The number of imidazole rings is 1. The van der Waals surface area contributed by atoms with E-state index in [-0.39, 0.29) is 35.9 Å². The van der Waals surface area contributed by atoms with E-state index in [9.17, 15) is 22.8 Å². The average molecular weight is 445 g/mol. The Morgan fingerprint density at radius 2 is 2.03 bits per heavy atom. The largest absolute Gasteiger partial charge is 0.416 e. The van der Waals surface area contributed by atoms with Gasteiger partial charge in [-0.1, -0.05) is 19.1 Å². The zero-order valence-corrected chi connectivity index (χ0v) is 16.8. The number of nitrogens with zero attached hydrogens (tertiary/aromatic N) is 5. The second kappa shape index (κ2) is 7.94. The Bertz CT molecular complexity index is 1370. The number of aromatic nitrogens is 6. The first kappa shape index (κ1) is 21.3. The van der Waals surface area contributed by atoms with Crippen LogP contribution in [-0.2, 0) is 19.3 Å². The van der Waals surface area contributed by atoms with E-state index in [0.717, 1.165) is 12.1 Å². The lowest BCUT2D eigenvalue weighted by molar-refractivity contribution is -0.137. The van der Waals surface area contributed by atoms with Gasteiger partial charge in [-0.25, -0.2) is 9.97 Å². The molecule has 0 saturated heterocycles. The minimum Gasteiger partial charge on any atom is -0.363 e. The molecule has 1 amide bonds. The average Bonchev–Trinajstić information content (AvgIpc) is 3.36. The van der Waals surface area contributed by atoms with E-state index in [1.165, 1.54) is 21.5 Å². The van der Waals surface area contributed by atoms with E-state index in [1.54, 1.807) is 12.3 Å². The van der Waals surface area contributed by atoms with Crippen LogP contribution in [0, 0.1) is 0 Å². The van der Waals surface area contributed by atoms with Gasteiger partial charge in [0.25, 0.3) is 11.5 Å².